The molecule has 0 aliphatic carbocycles. The highest BCUT2D eigenvalue weighted by Gasteiger charge is 2.23. The zero-order valence-corrected chi connectivity index (χ0v) is 12.8. The molecule has 7 heteroatoms. The molecule has 2 aromatic heterocycles. The molecule has 0 atom stereocenters. The molecule has 1 saturated heterocycles. The molecule has 3 rings (SSSR count). The van der Waals surface area contributed by atoms with Crippen LogP contribution in [0.3, 0.4) is 0 Å². The Balaban J connectivity index is 1.59. The van der Waals surface area contributed by atoms with Gasteiger partial charge in [-0.1, -0.05) is 0 Å². The Hall–Kier alpha value is -2.70. The molecule has 1 N–H and O–H groups in total. The van der Waals surface area contributed by atoms with Gasteiger partial charge >= 0.3 is 0 Å². The van der Waals surface area contributed by atoms with Gasteiger partial charge in [0, 0.05) is 50.5 Å². The number of nitrogens with zero attached hydrogens (tertiary/aromatic N) is 4. The number of hydrogen-bond acceptors (Lipinski definition) is 4. The van der Waals surface area contributed by atoms with Crippen molar-refractivity contribution in [2.24, 2.45) is 0 Å². The number of carbonyl (C=O) groups is 2. The number of hydrogen-bond donors (Lipinski definition) is 1. The number of H-pyrrole nitrogens is 1. The summed E-state index contributed by atoms with van der Waals surface area (Å²) >= 11 is 0. The van der Waals surface area contributed by atoms with E-state index in [-0.39, 0.29) is 11.8 Å². The summed E-state index contributed by atoms with van der Waals surface area (Å²) in [5, 5.41) is 0. The maximum Gasteiger partial charge on any atom is 0.274 e. The van der Waals surface area contributed by atoms with Crippen LogP contribution in [0.15, 0.2) is 36.9 Å². The van der Waals surface area contributed by atoms with Crippen LogP contribution in [0.2, 0.25) is 0 Å². The summed E-state index contributed by atoms with van der Waals surface area (Å²) in [5.41, 5.74) is 1.26. The lowest BCUT2D eigenvalue weighted by Crippen LogP contribution is -2.38. The summed E-state index contributed by atoms with van der Waals surface area (Å²) in [7, 11) is 0. The van der Waals surface area contributed by atoms with E-state index in [0.717, 1.165) is 12.1 Å². The van der Waals surface area contributed by atoms with E-state index >= 15 is 0 Å². The van der Waals surface area contributed by atoms with Crippen LogP contribution in [-0.2, 0) is 11.2 Å². The molecule has 0 bridgehead atoms. The van der Waals surface area contributed by atoms with Crippen LogP contribution >= 0.6 is 0 Å². The molecule has 2 aromatic rings. The maximum absolute atomic E-state index is 12.4. The third-order valence-corrected chi connectivity index (χ3v) is 3.92. The summed E-state index contributed by atoms with van der Waals surface area (Å²) in [5.74, 6) is -0.0435. The fourth-order valence-corrected chi connectivity index (χ4v) is 2.69. The summed E-state index contributed by atoms with van der Waals surface area (Å²) in [4.78, 5) is 39.3. The van der Waals surface area contributed by atoms with Gasteiger partial charge in [-0.25, -0.2) is 4.98 Å². The summed E-state index contributed by atoms with van der Waals surface area (Å²) < 4.78 is 0. The lowest BCUT2D eigenvalue weighted by Gasteiger charge is -2.21. The number of carbonyl (C=O) groups excluding carboxylic acids is 2. The Morgan fingerprint density at radius 3 is 2.70 bits per heavy atom. The molecule has 0 saturated carbocycles. The van der Waals surface area contributed by atoms with Crippen molar-refractivity contribution in [3.05, 3.63) is 48.3 Å². The van der Waals surface area contributed by atoms with Crippen molar-refractivity contribution in [3.63, 3.8) is 0 Å². The topological polar surface area (TPSA) is 82.2 Å². The highest BCUT2D eigenvalue weighted by atomic mass is 16.2. The molecular formula is C16H19N5O2. The van der Waals surface area contributed by atoms with Crippen LogP contribution in [0.1, 0.15) is 22.6 Å². The van der Waals surface area contributed by atoms with Crippen LogP contribution in [0.4, 0.5) is 0 Å². The average Bonchev–Trinajstić information content (AvgIpc) is 2.96. The Labute approximate surface area is 134 Å². The van der Waals surface area contributed by atoms with Crippen molar-refractivity contribution in [1.29, 1.82) is 0 Å². The van der Waals surface area contributed by atoms with E-state index < -0.39 is 0 Å². The lowest BCUT2D eigenvalue weighted by atomic mass is 10.2. The van der Waals surface area contributed by atoms with Gasteiger partial charge in [-0.05, 0) is 18.6 Å². The van der Waals surface area contributed by atoms with Crippen molar-refractivity contribution in [3.8, 4) is 0 Å². The lowest BCUT2D eigenvalue weighted by molar-refractivity contribution is -0.130. The van der Waals surface area contributed by atoms with Gasteiger partial charge < -0.3 is 14.8 Å². The highest BCUT2D eigenvalue weighted by Crippen LogP contribution is 2.09. The highest BCUT2D eigenvalue weighted by molar-refractivity contribution is 5.92. The minimum Gasteiger partial charge on any atom is -0.365 e. The molecule has 120 valence electrons. The molecule has 0 spiro atoms. The Morgan fingerprint density at radius 1 is 1.13 bits per heavy atom. The van der Waals surface area contributed by atoms with Crippen molar-refractivity contribution in [1.82, 2.24) is 24.8 Å². The van der Waals surface area contributed by atoms with E-state index in [0.29, 0.717) is 38.3 Å². The maximum atomic E-state index is 12.4. The molecule has 23 heavy (non-hydrogen) atoms. The van der Waals surface area contributed by atoms with E-state index in [2.05, 4.69) is 15.0 Å². The third-order valence-electron chi connectivity index (χ3n) is 3.92. The second-order valence-corrected chi connectivity index (χ2v) is 5.49. The van der Waals surface area contributed by atoms with Gasteiger partial charge in [0.1, 0.15) is 5.69 Å². The fourth-order valence-electron chi connectivity index (χ4n) is 2.69. The summed E-state index contributed by atoms with van der Waals surface area (Å²) in [6, 6.07) is 3.78. The molecule has 1 aliphatic rings. The van der Waals surface area contributed by atoms with Gasteiger partial charge in [-0.15, -0.1) is 0 Å². The normalized spacial score (nSPS) is 15.3. The molecule has 1 fully saturated rings. The Bertz CT molecular complexity index is 656. The Kier molecular flexibility index (Phi) is 4.65. The molecule has 0 aromatic carbocycles. The smallest absolute Gasteiger partial charge is 0.274 e. The van der Waals surface area contributed by atoms with Crippen LogP contribution in [0.25, 0.3) is 0 Å². The third kappa shape index (κ3) is 3.74. The first kappa shape index (κ1) is 15.2. The van der Waals surface area contributed by atoms with Gasteiger partial charge in [0.15, 0.2) is 0 Å². The predicted octanol–water partition coefficient (Wildman–Crippen LogP) is 0.722. The first-order valence-corrected chi connectivity index (χ1v) is 7.69. The molecule has 3 heterocycles. The molecule has 2 amide bonds. The number of aromatic nitrogens is 3. The predicted molar refractivity (Wildman–Crippen MR) is 83.6 cm³/mol. The quantitative estimate of drug-likeness (QED) is 0.905. The fraction of sp³-hybridized carbons (Fsp3) is 0.375. The van der Waals surface area contributed by atoms with E-state index in [1.165, 1.54) is 12.4 Å². The van der Waals surface area contributed by atoms with Crippen molar-refractivity contribution >= 4 is 11.8 Å². The average molecular weight is 313 g/mol. The summed E-state index contributed by atoms with van der Waals surface area (Å²) in [6.07, 6.45) is 7.47. The monoisotopic (exact) mass is 313 g/mol. The SMILES string of the molecule is O=C(Cc1ccc[nH]1)N1CCCN(C(=O)c2cnccn2)CC1. The van der Waals surface area contributed by atoms with E-state index in [9.17, 15) is 9.59 Å². The minimum absolute atomic E-state index is 0.0845. The molecule has 0 unspecified atom stereocenters. The van der Waals surface area contributed by atoms with Crippen LogP contribution < -0.4 is 0 Å². The Morgan fingerprint density at radius 2 is 1.96 bits per heavy atom. The molecule has 1 aliphatic heterocycles. The first-order chi connectivity index (χ1) is 11.2. The van der Waals surface area contributed by atoms with E-state index in [1.807, 2.05) is 23.2 Å². The van der Waals surface area contributed by atoms with Gasteiger partial charge in [-0.3, -0.25) is 14.6 Å². The second-order valence-electron chi connectivity index (χ2n) is 5.49. The molecule has 0 radical (unpaired) electrons. The van der Waals surface area contributed by atoms with E-state index in [1.54, 1.807) is 11.1 Å². The van der Waals surface area contributed by atoms with Gasteiger partial charge in [0.2, 0.25) is 5.91 Å². The van der Waals surface area contributed by atoms with Gasteiger partial charge in [0.25, 0.3) is 5.91 Å². The zero-order chi connectivity index (χ0) is 16.1. The van der Waals surface area contributed by atoms with E-state index in [4.69, 9.17) is 0 Å². The first-order valence-electron chi connectivity index (χ1n) is 7.69. The number of nitrogens with one attached hydrogen (secondary N) is 1. The van der Waals surface area contributed by atoms with Crippen molar-refractivity contribution in [2.45, 2.75) is 12.8 Å². The standard InChI is InChI=1S/C16H19N5O2/c22-15(11-13-3-1-4-18-13)20-7-2-8-21(10-9-20)16(23)14-12-17-5-6-19-14/h1,3-6,12,18H,2,7-11H2. The molecule has 7 nitrogen and oxygen atoms in total. The zero-order valence-electron chi connectivity index (χ0n) is 12.8. The van der Waals surface area contributed by atoms with Crippen molar-refractivity contribution in [2.75, 3.05) is 26.2 Å². The summed E-state index contributed by atoms with van der Waals surface area (Å²) in [6.45, 7) is 2.36. The molecular weight excluding hydrogens is 294 g/mol. The number of amides is 2. The van der Waals surface area contributed by atoms with Crippen LogP contribution in [-0.4, -0.2) is 62.7 Å². The second kappa shape index (κ2) is 7.04. The number of rotatable bonds is 3. The van der Waals surface area contributed by atoms with Gasteiger partial charge in [0.05, 0.1) is 12.6 Å². The van der Waals surface area contributed by atoms with Crippen LogP contribution in [0.5, 0.6) is 0 Å². The largest absolute Gasteiger partial charge is 0.365 e. The van der Waals surface area contributed by atoms with Crippen LogP contribution in [0, 0.1) is 0 Å². The van der Waals surface area contributed by atoms with Crippen molar-refractivity contribution < 1.29 is 9.59 Å². The van der Waals surface area contributed by atoms with Gasteiger partial charge in [-0.2, -0.15) is 0 Å². The minimum atomic E-state index is -0.128. The number of aromatic amines is 1.